The van der Waals surface area contributed by atoms with Crippen molar-refractivity contribution >= 4 is 0 Å². The molecule has 0 aliphatic carbocycles. The molecule has 1 rings (SSSR count). The molecule has 1 aromatic rings. The molecule has 0 radical (unpaired) electrons. The lowest BCUT2D eigenvalue weighted by Crippen LogP contribution is -2.12. The SMILES string of the molecule is CCn1cncc1C(O)C(F)F. The van der Waals surface area contributed by atoms with Gasteiger partial charge in [-0.3, -0.25) is 0 Å². The van der Waals surface area contributed by atoms with Crippen molar-refractivity contribution < 1.29 is 13.9 Å². The van der Waals surface area contributed by atoms with Crippen LogP contribution in [0.1, 0.15) is 18.7 Å². The maximum absolute atomic E-state index is 12.0. The summed E-state index contributed by atoms with van der Waals surface area (Å²) in [4.78, 5) is 3.67. The predicted octanol–water partition coefficient (Wildman–Crippen LogP) is 1.20. The van der Waals surface area contributed by atoms with Gasteiger partial charge in [0.05, 0.1) is 18.2 Å². The molecule has 1 atom stereocenters. The average Bonchev–Trinajstić information content (AvgIpc) is 2.49. The van der Waals surface area contributed by atoms with Gasteiger partial charge in [-0.1, -0.05) is 0 Å². The van der Waals surface area contributed by atoms with Gasteiger partial charge < -0.3 is 9.67 Å². The van der Waals surface area contributed by atoms with Gasteiger partial charge in [-0.25, -0.2) is 13.8 Å². The van der Waals surface area contributed by atoms with E-state index in [1.54, 1.807) is 6.92 Å². The van der Waals surface area contributed by atoms with Crippen LogP contribution in [0.25, 0.3) is 0 Å². The summed E-state index contributed by atoms with van der Waals surface area (Å²) >= 11 is 0. The number of aromatic nitrogens is 2. The van der Waals surface area contributed by atoms with Crippen molar-refractivity contribution in [2.75, 3.05) is 0 Å². The van der Waals surface area contributed by atoms with Gasteiger partial charge in [0.15, 0.2) is 6.10 Å². The van der Waals surface area contributed by atoms with Crippen LogP contribution in [0, 0.1) is 0 Å². The Labute approximate surface area is 68.7 Å². The molecule has 3 nitrogen and oxygen atoms in total. The lowest BCUT2D eigenvalue weighted by atomic mass is 10.3. The van der Waals surface area contributed by atoms with E-state index in [-0.39, 0.29) is 5.69 Å². The molecule has 1 unspecified atom stereocenters. The highest BCUT2D eigenvalue weighted by atomic mass is 19.3. The van der Waals surface area contributed by atoms with E-state index in [9.17, 15) is 8.78 Å². The second kappa shape index (κ2) is 3.62. The molecule has 0 aliphatic heterocycles. The normalized spacial score (nSPS) is 13.8. The van der Waals surface area contributed by atoms with E-state index >= 15 is 0 Å². The highest BCUT2D eigenvalue weighted by Gasteiger charge is 2.21. The largest absolute Gasteiger partial charge is 0.381 e. The van der Waals surface area contributed by atoms with Gasteiger partial charge in [-0.05, 0) is 6.92 Å². The topological polar surface area (TPSA) is 38.0 Å². The molecule has 5 heteroatoms. The monoisotopic (exact) mass is 176 g/mol. The molecule has 0 fully saturated rings. The zero-order chi connectivity index (χ0) is 9.14. The molecule has 0 saturated heterocycles. The Morgan fingerprint density at radius 1 is 1.67 bits per heavy atom. The van der Waals surface area contributed by atoms with E-state index in [4.69, 9.17) is 5.11 Å². The third kappa shape index (κ3) is 1.61. The Morgan fingerprint density at radius 3 is 2.83 bits per heavy atom. The summed E-state index contributed by atoms with van der Waals surface area (Å²) in [6.07, 6.45) is -1.82. The van der Waals surface area contributed by atoms with Crippen LogP contribution in [0.4, 0.5) is 8.78 Å². The number of imidazole rings is 1. The van der Waals surface area contributed by atoms with E-state index in [1.165, 1.54) is 17.1 Å². The summed E-state index contributed by atoms with van der Waals surface area (Å²) in [6, 6.07) is 0. The zero-order valence-corrected chi connectivity index (χ0v) is 6.61. The highest BCUT2D eigenvalue weighted by Crippen LogP contribution is 2.19. The standard InChI is InChI=1S/C7H10F2N2O/c1-2-11-4-10-3-5(11)6(12)7(8)9/h3-4,6-7,12H,2H2,1H3. The molecule has 0 aliphatic rings. The summed E-state index contributed by atoms with van der Waals surface area (Å²) in [6.45, 7) is 2.32. The van der Waals surface area contributed by atoms with E-state index in [0.717, 1.165) is 0 Å². The van der Waals surface area contributed by atoms with Crippen LogP contribution in [0.15, 0.2) is 12.5 Å². The number of hydrogen-bond acceptors (Lipinski definition) is 2. The summed E-state index contributed by atoms with van der Waals surface area (Å²) in [5.74, 6) is 0. The molecule has 0 bridgehead atoms. The van der Waals surface area contributed by atoms with Gasteiger partial charge in [0.25, 0.3) is 6.43 Å². The minimum absolute atomic E-state index is 0.160. The minimum atomic E-state index is -2.76. The molecule has 12 heavy (non-hydrogen) atoms. The first-order chi connectivity index (χ1) is 5.66. The fraction of sp³-hybridized carbons (Fsp3) is 0.571. The number of aliphatic hydroxyl groups excluding tert-OH is 1. The van der Waals surface area contributed by atoms with Crippen molar-refractivity contribution in [3.63, 3.8) is 0 Å². The van der Waals surface area contributed by atoms with Crippen LogP contribution < -0.4 is 0 Å². The van der Waals surface area contributed by atoms with E-state index in [0.29, 0.717) is 6.54 Å². The average molecular weight is 176 g/mol. The number of hydrogen-bond donors (Lipinski definition) is 1. The van der Waals surface area contributed by atoms with Gasteiger partial charge >= 0.3 is 0 Å². The lowest BCUT2D eigenvalue weighted by molar-refractivity contribution is -0.0101. The van der Waals surface area contributed by atoms with Gasteiger partial charge in [-0.15, -0.1) is 0 Å². The maximum atomic E-state index is 12.0. The van der Waals surface area contributed by atoms with Gasteiger partial charge in [0.1, 0.15) is 0 Å². The number of halogens is 2. The Bertz CT molecular complexity index is 249. The molecule has 0 saturated carbocycles. The molecular weight excluding hydrogens is 166 g/mol. The highest BCUT2D eigenvalue weighted by molar-refractivity contribution is 5.03. The predicted molar refractivity (Wildman–Crippen MR) is 38.9 cm³/mol. The zero-order valence-electron chi connectivity index (χ0n) is 6.61. The van der Waals surface area contributed by atoms with Crippen molar-refractivity contribution in [2.24, 2.45) is 0 Å². The van der Waals surface area contributed by atoms with Crippen LogP contribution >= 0.6 is 0 Å². The van der Waals surface area contributed by atoms with Gasteiger partial charge in [0.2, 0.25) is 0 Å². The second-order valence-electron chi connectivity index (χ2n) is 2.38. The van der Waals surface area contributed by atoms with Gasteiger partial charge in [0, 0.05) is 6.54 Å². The fourth-order valence-electron chi connectivity index (χ4n) is 0.971. The van der Waals surface area contributed by atoms with Crippen LogP contribution in [0.3, 0.4) is 0 Å². The molecule has 0 amide bonds. The first-order valence-corrected chi connectivity index (χ1v) is 3.63. The first kappa shape index (κ1) is 9.12. The van der Waals surface area contributed by atoms with Gasteiger partial charge in [-0.2, -0.15) is 0 Å². The van der Waals surface area contributed by atoms with E-state index in [1.807, 2.05) is 0 Å². The quantitative estimate of drug-likeness (QED) is 0.751. The van der Waals surface area contributed by atoms with E-state index in [2.05, 4.69) is 4.98 Å². The Balaban J connectivity index is 2.86. The summed E-state index contributed by atoms with van der Waals surface area (Å²) in [7, 11) is 0. The number of nitrogens with zero attached hydrogens (tertiary/aromatic N) is 2. The first-order valence-electron chi connectivity index (χ1n) is 3.63. The third-order valence-corrected chi connectivity index (χ3v) is 1.63. The third-order valence-electron chi connectivity index (χ3n) is 1.63. The van der Waals surface area contributed by atoms with Crippen LogP contribution in [0.5, 0.6) is 0 Å². The van der Waals surface area contributed by atoms with Crippen LogP contribution in [0.2, 0.25) is 0 Å². The van der Waals surface area contributed by atoms with Crippen LogP contribution in [-0.2, 0) is 6.54 Å². The van der Waals surface area contributed by atoms with Crippen molar-refractivity contribution in [3.05, 3.63) is 18.2 Å². The summed E-state index contributed by atoms with van der Waals surface area (Å²) in [5, 5.41) is 8.99. The Kier molecular flexibility index (Phi) is 2.75. The Morgan fingerprint density at radius 2 is 2.33 bits per heavy atom. The number of aryl methyl sites for hydroxylation is 1. The molecule has 0 aromatic carbocycles. The molecule has 1 aromatic heterocycles. The second-order valence-corrected chi connectivity index (χ2v) is 2.38. The van der Waals surface area contributed by atoms with Crippen molar-refractivity contribution in [1.29, 1.82) is 0 Å². The molecule has 1 heterocycles. The van der Waals surface area contributed by atoms with Crippen LogP contribution in [-0.4, -0.2) is 21.1 Å². The maximum Gasteiger partial charge on any atom is 0.269 e. The lowest BCUT2D eigenvalue weighted by Gasteiger charge is -2.10. The smallest absolute Gasteiger partial charge is 0.269 e. The summed E-state index contributed by atoms with van der Waals surface area (Å²) < 4.78 is 25.5. The van der Waals surface area contributed by atoms with Crippen molar-refractivity contribution in [2.45, 2.75) is 26.0 Å². The number of aliphatic hydroxyl groups is 1. The number of alkyl halides is 2. The Hall–Kier alpha value is -0.970. The van der Waals surface area contributed by atoms with Crippen molar-refractivity contribution in [3.8, 4) is 0 Å². The fourth-order valence-corrected chi connectivity index (χ4v) is 0.971. The number of rotatable bonds is 3. The summed E-state index contributed by atoms with van der Waals surface area (Å²) in [5.41, 5.74) is 0.160. The molecule has 68 valence electrons. The molecular formula is C7H10F2N2O. The van der Waals surface area contributed by atoms with E-state index < -0.39 is 12.5 Å². The molecule has 1 N–H and O–H groups in total. The van der Waals surface area contributed by atoms with Crippen molar-refractivity contribution in [1.82, 2.24) is 9.55 Å². The minimum Gasteiger partial charge on any atom is -0.381 e. The molecule has 0 spiro atoms.